The Morgan fingerprint density at radius 2 is 2.26 bits per heavy atom. The van der Waals surface area contributed by atoms with Crippen LogP contribution in [-0.4, -0.2) is 47.0 Å². The van der Waals surface area contributed by atoms with Gasteiger partial charge in [0.25, 0.3) is 0 Å². The number of hydrogen-bond donors (Lipinski definition) is 1. The van der Waals surface area contributed by atoms with Crippen LogP contribution in [0.25, 0.3) is 0 Å². The fourth-order valence-electron chi connectivity index (χ4n) is 2.46. The maximum Gasteiger partial charge on any atom is 0.401 e. The summed E-state index contributed by atoms with van der Waals surface area (Å²) in [5.74, 6) is 0.301. The lowest BCUT2D eigenvalue weighted by molar-refractivity contribution is -0.143. The van der Waals surface area contributed by atoms with Gasteiger partial charge < -0.3 is 5.32 Å². The Hall–Kier alpha value is -1.08. The molecule has 0 spiro atoms. The minimum Gasteiger partial charge on any atom is -0.311 e. The van der Waals surface area contributed by atoms with Crippen molar-refractivity contribution in [2.75, 3.05) is 26.2 Å². The molecule has 0 radical (unpaired) electrons. The third kappa shape index (κ3) is 4.50. The topological polar surface area (TPSA) is 33.1 Å². The van der Waals surface area contributed by atoms with Crippen molar-refractivity contribution in [1.82, 2.24) is 20.0 Å². The van der Waals surface area contributed by atoms with E-state index in [-0.39, 0.29) is 0 Å². The Bertz CT molecular complexity index is 402. The molecule has 0 aromatic carbocycles. The molecule has 1 unspecified atom stereocenters. The molecule has 1 aliphatic heterocycles. The molecule has 19 heavy (non-hydrogen) atoms. The van der Waals surface area contributed by atoms with Gasteiger partial charge in [0.1, 0.15) is 0 Å². The summed E-state index contributed by atoms with van der Waals surface area (Å²) >= 11 is 0. The third-order valence-corrected chi connectivity index (χ3v) is 3.43. The lowest BCUT2D eigenvalue weighted by Gasteiger charge is -2.18. The van der Waals surface area contributed by atoms with E-state index in [1.54, 1.807) is 10.9 Å². The van der Waals surface area contributed by atoms with Gasteiger partial charge in [0.05, 0.1) is 12.2 Å². The van der Waals surface area contributed by atoms with E-state index < -0.39 is 12.7 Å². The van der Waals surface area contributed by atoms with Crippen molar-refractivity contribution in [1.29, 1.82) is 0 Å². The maximum atomic E-state index is 12.2. The maximum absolute atomic E-state index is 12.2. The zero-order valence-electron chi connectivity index (χ0n) is 11.0. The van der Waals surface area contributed by atoms with Gasteiger partial charge in [-0.05, 0) is 31.5 Å². The molecule has 7 heteroatoms. The molecule has 1 aliphatic rings. The standard InChI is InChI=1S/C12H19F3N4/c1-18-11(2-4-17-18)7-16-6-10-3-5-19(8-10)9-12(13,14)15/h2,4,10,16H,3,5-9H2,1H3. The van der Waals surface area contributed by atoms with Crippen LogP contribution in [-0.2, 0) is 13.6 Å². The molecular formula is C12H19F3N4. The molecular weight excluding hydrogens is 257 g/mol. The number of likely N-dealkylation sites (tertiary alicyclic amines) is 1. The molecule has 1 N–H and O–H groups in total. The minimum atomic E-state index is -4.09. The van der Waals surface area contributed by atoms with Gasteiger partial charge >= 0.3 is 6.18 Å². The lowest BCUT2D eigenvalue weighted by atomic mass is 10.1. The first kappa shape index (κ1) is 14.3. The average molecular weight is 276 g/mol. The fraction of sp³-hybridized carbons (Fsp3) is 0.750. The number of nitrogens with one attached hydrogen (secondary N) is 1. The average Bonchev–Trinajstić information content (AvgIpc) is 2.87. The molecule has 4 nitrogen and oxygen atoms in total. The van der Waals surface area contributed by atoms with E-state index in [1.165, 1.54) is 4.90 Å². The zero-order valence-corrected chi connectivity index (χ0v) is 11.0. The summed E-state index contributed by atoms with van der Waals surface area (Å²) in [4.78, 5) is 1.48. The SMILES string of the molecule is Cn1nccc1CNCC1CCN(CC(F)(F)F)C1. The Morgan fingerprint density at radius 1 is 1.47 bits per heavy atom. The van der Waals surface area contributed by atoms with Crippen LogP contribution < -0.4 is 5.32 Å². The van der Waals surface area contributed by atoms with Crippen LogP contribution in [0.1, 0.15) is 12.1 Å². The second-order valence-electron chi connectivity index (χ2n) is 5.08. The summed E-state index contributed by atoms with van der Waals surface area (Å²) in [6, 6.07) is 1.93. The van der Waals surface area contributed by atoms with Gasteiger partial charge in [-0.1, -0.05) is 0 Å². The molecule has 0 aliphatic carbocycles. The monoisotopic (exact) mass is 276 g/mol. The number of alkyl halides is 3. The van der Waals surface area contributed by atoms with Crippen LogP contribution >= 0.6 is 0 Å². The minimum absolute atomic E-state index is 0.301. The molecule has 1 aromatic heterocycles. The number of hydrogen-bond acceptors (Lipinski definition) is 3. The largest absolute Gasteiger partial charge is 0.401 e. The molecule has 108 valence electrons. The summed E-state index contributed by atoms with van der Waals surface area (Å²) in [7, 11) is 1.87. The van der Waals surface area contributed by atoms with Crippen LogP contribution in [0.15, 0.2) is 12.3 Å². The summed E-state index contributed by atoms with van der Waals surface area (Å²) in [5.41, 5.74) is 1.07. The second-order valence-corrected chi connectivity index (χ2v) is 5.08. The van der Waals surface area contributed by atoms with Gasteiger partial charge in [-0.25, -0.2) is 0 Å². The van der Waals surface area contributed by atoms with Gasteiger partial charge in [-0.2, -0.15) is 18.3 Å². The van der Waals surface area contributed by atoms with Crippen molar-refractivity contribution in [3.63, 3.8) is 0 Å². The highest BCUT2D eigenvalue weighted by atomic mass is 19.4. The lowest BCUT2D eigenvalue weighted by Crippen LogP contribution is -2.33. The van der Waals surface area contributed by atoms with E-state index in [1.807, 2.05) is 13.1 Å². The summed E-state index contributed by atoms with van der Waals surface area (Å²) in [6.07, 6.45) is -1.52. The zero-order chi connectivity index (χ0) is 13.9. The fourth-order valence-corrected chi connectivity index (χ4v) is 2.46. The van der Waals surface area contributed by atoms with Gasteiger partial charge in [0, 0.05) is 26.3 Å². The Kier molecular flexibility index (Phi) is 4.46. The summed E-state index contributed by atoms with van der Waals surface area (Å²) in [6.45, 7) is 1.73. The number of nitrogens with zero attached hydrogens (tertiary/aromatic N) is 3. The van der Waals surface area contributed by atoms with Crippen molar-refractivity contribution >= 4 is 0 Å². The predicted molar refractivity (Wildman–Crippen MR) is 65.5 cm³/mol. The number of aromatic nitrogens is 2. The number of aryl methyl sites for hydroxylation is 1. The smallest absolute Gasteiger partial charge is 0.311 e. The highest BCUT2D eigenvalue weighted by molar-refractivity contribution is 4.99. The van der Waals surface area contributed by atoms with E-state index in [2.05, 4.69) is 10.4 Å². The highest BCUT2D eigenvalue weighted by Gasteiger charge is 2.34. The van der Waals surface area contributed by atoms with E-state index in [4.69, 9.17) is 0 Å². The van der Waals surface area contributed by atoms with Crippen molar-refractivity contribution < 1.29 is 13.2 Å². The molecule has 1 aromatic rings. The number of rotatable bonds is 5. The van der Waals surface area contributed by atoms with E-state index >= 15 is 0 Å². The van der Waals surface area contributed by atoms with Gasteiger partial charge in [0.2, 0.25) is 0 Å². The first-order valence-electron chi connectivity index (χ1n) is 6.41. The first-order chi connectivity index (χ1) is 8.94. The highest BCUT2D eigenvalue weighted by Crippen LogP contribution is 2.22. The number of halogens is 3. The molecule has 2 rings (SSSR count). The Morgan fingerprint density at radius 3 is 2.89 bits per heavy atom. The van der Waals surface area contributed by atoms with E-state index in [0.29, 0.717) is 25.6 Å². The molecule has 1 saturated heterocycles. The van der Waals surface area contributed by atoms with Crippen LogP contribution in [0.5, 0.6) is 0 Å². The predicted octanol–water partition coefficient (Wildman–Crippen LogP) is 1.39. The van der Waals surface area contributed by atoms with Crippen molar-refractivity contribution in [2.45, 2.75) is 19.1 Å². The van der Waals surface area contributed by atoms with E-state index in [9.17, 15) is 13.2 Å². The Labute approximate surface area is 110 Å². The van der Waals surface area contributed by atoms with E-state index in [0.717, 1.165) is 18.7 Å². The molecule has 0 saturated carbocycles. The van der Waals surface area contributed by atoms with Gasteiger partial charge in [-0.15, -0.1) is 0 Å². The molecule has 0 amide bonds. The normalized spacial score (nSPS) is 21.2. The molecule has 1 atom stereocenters. The summed E-state index contributed by atoms with van der Waals surface area (Å²) in [5, 5.41) is 7.35. The van der Waals surface area contributed by atoms with Gasteiger partial charge in [-0.3, -0.25) is 9.58 Å². The third-order valence-electron chi connectivity index (χ3n) is 3.43. The summed E-state index contributed by atoms with van der Waals surface area (Å²) < 4.78 is 38.5. The quantitative estimate of drug-likeness (QED) is 0.882. The molecule has 0 bridgehead atoms. The molecule has 1 fully saturated rings. The Balaban J connectivity index is 1.67. The van der Waals surface area contributed by atoms with Gasteiger partial charge in [0.15, 0.2) is 0 Å². The van der Waals surface area contributed by atoms with Crippen LogP contribution in [0.3, 0.4) is 0 Å². The second kappa shape index (κ2) is 5.92. The van der Waals surface area contributed by atoms with Crippen LogP contribution in [0.4, 0.5) is 13.2 Å². The molecule has 2 heterocycles. The van der Waals surface area contributed by atoms with Crippen LogP contribution in [0, 0.1) is 5.92 Å². The van der Waals surface area contributed by atoms with Crippen molar-refractivity contribution in [3.05, 3.63) is 18.0 Å². The van der Waals surface area contributed by atoms with Crippen molar-refractivity contribution in [3.8, 4) is 0 Å². The van der Waals surface area contributed by atoms with Crippen LogP contribution in [0.2, 0.25) is 0 Å². The first-order valence-corrected chi connectivity index (χ1v) is 6.41. The van der Waals surface area contributed by atoms with Crippen molar-refractivity contribution in [2.24, 2.45) is 13.0 Å².